The van der Waals surface area contributed by atoms with Gasteiger partial charge >= 0.3 is 0 Å². The summed E-state index contributed by atoms with van der Waals surface area (Å²) in [5.41, 5.74) is 2.54. The second kappa shape index (κ2) is 5.68. The topological polar surface area (TPSA) is 34.8 Å². The Balaban J connectivity index is 1.36. The van der Waals surface area contributed by atoms with Crippen molar-refractivity contribution in [3.8, 4) is 0 Å². The fourth-order valence-corrected chi connectivity index (χ4v) is 3.26. The highest BCUT2D eigenvalue weighted by atomic mass is 15.3. The summed E-state index contributed by atoms with van der Waals surface area (Å²) < 4.78 is 4.42. The molecule has 4 nitrogen and oxygen atoms in total. The number of hydrogen-bond acceptors (Lipinski definition) is 2. The van der Waals surface area contributed by atoms with E-state index in [1.807, 2.05) is 0 Å². The number of hydrogen-bond donors (Lipinski definition) is 1. The molecule has 2 fully saturated rings. The first-order chi connectivity index (χ1) is 10.4. The Labute approximate surface area is 126 Å². The van der Waals surface area contributed by atoms with Crippen LogP contribution >= 0.6 is 0 Å². The first kappa shape index (κ1) is 13.1. The van der Waals surface area contributed by atoms with E-state index in [4.69, 9.17) is 5.10 Å². The SMILES string of the molecule is c1cn(Cc2ccn(C3CCCC3)n2)cc1CNC1CC1. The van der Waals surface area contributed by atoms with Crippen LogP contribution < -0.4 is 5.32 Å². The Morgan fingerprint density at radius 1 is 1.10 bits per heavy atom. The fraction of sp³-hybridized carbons (Fsp3) is 0.588. The molecule has 2 heterocycles. The molecule has 2 aromatic rings. The van der Waals surface area contributed by atoms with Crippen LogP contribution in [-0.4, -0.2) is 20.4 Å². The van der Waals surface area contributed by atoms with E-state index in [0.29, 0.717) is 6.04 Å². The average Bonchev–Trinajstić information content (AvgIpc) is 2.93. The minimum Gasteiger partial charge on any atom is -0.348 e. The van der Waals surface area contributed by atoms with Gasteiger partial charge in [0.25, 0.3) is 0 Å². The third-order valence-electron chi connectivity index (χ3n) is 4.69. The van der Waals surface area contributed by atoms with Crippen molar-refractivity contribution in [2.24, 2.45) is 0 Å². The van der Waals surface area contributed by atoms with Gasteiger partial charge in [-0.15, -0.1) is 0 Å². The monoisotopic (exact) mass is 284 g/mol. The zero-order valence-electron chi connectivity index (χ0n) is 12.5. The summed E-state index contributed by atoms with van der Waals surface area (Å²) in [5, 5.41) is 8.32. The maximum Gasteiger partial charge on any atom is 0.0821 e. The van der Waals surface area contributed by atoms with Crippen LogP contribution in [0.25, 0.3) is 0 Å². The van der Waals surface area contributed by atoms with E-state index < -0.39 is 0 Å². The molecule has 2 aromatic heterocycles. The van der Waals surface area contributed by atoms with E-state index >= 15 is 0 Å². The number of nitrogens with zero attached hydrogens (tertiary/aromatic N) is 3. The lowest BCUT2D eigenvalue weighted by Gasteiger charge is -2.08. The minimum atomic E-state index is 0.640. The van der Waals surface area contributed by atoms with Crippen molar-refractivity contribution < 1.29 is 0 Å². The van der Waals surface area contributed by atoms with Gasteiger partial charge in [-0.05, 0) is 43.4 Å². The van der Waals surface area contributed by atoms with Crippen LogP contribution in [-0.2, 0) is 13.1 Å². The van der Waals surface area contributed by atoms with Crippen LogP contribution in [0.3, 0.4) is 0 Å². The molecular weight excluding hydrogens is 260 g/mol. The van der Waals surface area contributed by atoms with Gasteiger partial charge in [-0.3, -0.25) is 4.68 Å². The Bertz CT molecular complexity index is 587. The molecular formula is C17H24N4. The second-order valence-electron chi connectivity index (χ2n) is 6.57. The van der Waals surface area contributed by atoms with Gasteiger partial charge in [-0.2, -0.15) is 5.10 Å². The maximum atomic E-state index is 4.76. The van der Waals surface area contributed by atoms with Gasteiger partial charge in [0.05, 0.1) is 18.3 Å². The van der Waals surface area contributed by atoms with Gasteiger partial charge in [-0.1, -0.05) is 12.8 Å². The maximum absolute atomic E-state index is 4.76. The molecule has 0 saturated heterocycles. The summed E-state index contributed by atoms with van der Waals surface area (Å²) in [6.07, 6.45) is 14.6. The van der Waals surface area contributed by atoms with Crippen LogP contribution in [0.4, 0.5) is 0 Å². The van der Waals surface area contributed by atoms with Crippen LogP contribution in [0.2, 0.25) is 0 Å². The quantitative estimate of drug-likeness (QED) is 0.884. The molecule has 0 radical (unpaired) electrons. The number of nitrogens with one attached hydrogen (secondary N) is 1. The van der Waals surface area contributed by atoms with Gasteiger partial charge in [0.1, 0.15) is 0 Å². The van der Waals surface area contributed by atoms with Crippen LogP contribution in [0.5, 0.6) is 0 Å². The largest absolute Gasteiger partial charge is 0.348 e. The summed E-state index contributed by atoms with van der Waals surface area (Å²) in [4.78, 5) is 0. The van der Waals surface area contributed by atoms with Gasteiger partial charge in [0.2, 0.25) is 0 Å². The van der Waals surface area contributed by atoms with Gasteiger partial charge in [0.15, 0.2) is 0 Å². The highest BCUT2D eigenvalue weighted by Crippen LogP contribution is 2.28. The van der Waals surface area contributed by atoms with Crippen molar-refractivity contribution in [2.75, 3.05) is 0 Å². The summed E-state index contributed by atoms with van der Waals surface area (Å²) in [7, 11) is 0. The van der Waals surface area contributed by atoms with E-state index in [-0.39, 0.29) is 0 Å². The second-order valence-corrected chi connectivity index (χ2v) is 6.57. The molecule has 2 saturated carbocycles. The molecule has 4 heteroatoms. The third-order valence-corrected chi connectivity index (χ3v) is 4.69. The van der Waals surface area contributed by atoms with E-state index in [9.17, 15) is 0 Å². The highest BCUT2D eigenvalue weighted by molar-refractivity contribution is 5.12. The Morgan fingerprint density at radius 2 is 1.95 bits per heavy atom. The van der Waals surface area contributed by atoms with E-state index in [1.165, 1.54) is 49.8 Å². The van der Waals surface area contributed by atoms with Crippen LogP contribution in [0, 0.1) is 0 Å². The summed E-state index contributed by atoms with van der Waals surface area (Å²) in [5.74, 6) is 0. The third kappa shape index (κ3) is 3.21. The Kier molecular flexibility index (Phi) is 3.55. The molecule has 0 bridgehead atoms. The fourth-order valence-electron chi connectivity index (χ4n) is 3.26. The molecule has 0 atom stereocenters. The predicted octanol–water partition coefficient (Wildman–Crippen LogP) is 3.10. The van der Waals surface area contributed by atoms with Gasteiger partial charge in [0, 0.05) is 31.2 Å². The molecule has 2 aliphatic rings. The molecule has 0 aromatic carbocycles. The first-order valence-electron chi connectivity index (χ1n) is 8.29. The van der Waals surface area contributed by atoms with E-state index in [1.54, 1.807) is 0 Å². The van der Waals surface area contributed by atoms with Crippen LogP contribution in [0.15, 0.2) is 30.7 Å². The molecule has 0 aliphatic heterocycles. The molecule has 21 heavy (non-hydrogen) atoms. The predicted molar refractivity (Wildman–Crippen MR) is 83.1 cm³/mol. The summed E-state index contributed by atoms with van der Waals surface area (Å²) in [6, 6.07) is 5.79. The van der Waals surface area contributed by atoms with Crippen molar-refractivity contribution in [2.45, 2.75) is 63.7 Å². The molecule has 0 unspecified atom stereocenters. The van der Waals surface area contributed by atoms with E-state index in [0.717, 1.165) is 19.1 Å². The molecule has 2 aliphatic carbocycles. The number of rotatable bonds is 6. The van der Waals surface area contributed by atoms with Gasteiger partial charge < -0.3 is 9.88 Å². The lowest BCUT2D eigenvalue weighted by Crippen LogP contribution is -2.14. The normalized spacial score (nSPS) is 19.4. The zero-order valence-corrected chi connectivity index (χ0v) is 12.5. The van der Waals surface area contributed by atoms with Crippen molar-refractivity contribution >= 4 is 0 Å². The Morgan fingerprint density at radius 3 is 2.76 bits per heavy atom. The van der Waals surface area contributed by atoms with E-state index in [2.05, 4.69) is 45.3 Å². The molecule has 1 N–H and O–H groups in total. The molecule has 4 rings (SSSR count). The zero-order chi connectivity index (χ0) is 14.1. The average molecular weight is 284 g/mol. The molecule has 0 amide bonds. The number of aromatic nitrogens is 3. The molecule has 112 valence electrons. The Hall–Kier alpha value is -1.55. The van der Waals surface area contributed by atoms with Crippen molar-refractivity contribution in [3.05, 3.63) is 42.0 Å². The summed E-state index contributed by atoms with van der Waals surface area (Å²) in [6.45, 7) is 1.87. The van der Waals surface area contributed by atoms with Gasteiger partial charge in [-0.25, -0.2) is 0 Å². The lowest BCUT2D eigenvalue weighted by molar-refractivity contribution is 0.461. The van der Waals surface area contributed by atoms with Crippen molar-refractivity contribution in [1.82, 2.24) is 19.7 Å². The highest BCUT2D eigenvalue weighted by Gasteiger charge is 2.20. The van der Waals surface area contributed by atoms with Crippen molar-refractivity contribution in [1.29, 1.82) is 0 Å². The standard InChI is InChI=1S/C17H24N4/c1-2-4-17(3-1)21-10-8-16(19-21)13-20-9-7-14(12-20)11-18-15-5-6-15/h7-10,12,15,17-18H,1-6,11,13H2. The van der Waals surface area contributed by atoms with Crippen molar-refractivity contribution in [3.63, 3.8) is 0 Å². The summed E-state index contributed by atoms with van der Waals surface area (Å²) >= 11 is 0. The molecule has 0 spiro atoms. The van der Waals surface area contributed by atoms with Crippen LogP contribution in [0.1, 0.15) is 55.8 Å². The lowest BCUT2D eigenvalue weighted by atomic mass is 10.3. The minimum absolute atomic E-state index is 0.640. The smallest absolute Gasteiger partial charge is 0.0821 e. The first-order valence-corrected chi connectivity index (χ1v) is 8.29.